The number of hydrogen-bond acceptors (Lipinski definition) is 6. The van der Waals surface area contributed by atoms with Crippen molar-refractivity contribution in [2.45, 2.75) is 30.6 Å². The van der Waals surface area contributed by atoms with Crippen molar-refractivity contribution in [2.75, 3.05) is 12.5 Å². The van der Waals surface area contributed by atoms with Crippen molar-refractivity contribution in [1.29, 1.82) is 0 Å². The molecule has 0 saturated carbocycles. The molecule has 0 radical (unpaired) electrons. The molecule has 1 aliphatic heterocycles. The Balaban J connectivity index is 2.67. The van der Waals surface area contributed by atoms with E-state index < -0.39 is 43.2 Å². The Morgan fingerprint density at radius 1 is 1.31 bits per heavy atom. The number of ether oxygens (including phenoxy) is 1. The molecule has 0 aromatic rings. The van der Waals surface area contributed by atoms with E-state index in [1.807, 2.05) is 0 Å². The van der Waals surface area contributed by atoms with Crippen LogP contribution in [0.4, 0.5) is 0 Å². The summed E-state index contributed by atoms with van der Waals surface area (Å²) in [7, 11) is 0. The highest BCUT2D eigenvalue weighted by Gasteiger charge is 2.44. The molecule has 5 atom stereocenters. The molecule has 0 spiro atoms. The minimum Gasteiger partial charge on any atom is -0.394 e. The number of nitrogens with one attached hydrogen (secondary N) is 1. The van der Waals surface area contributed by atoms with Crippen LogP contribution in [0.15, 0.2) is 0 Å². The summed E-state index contributed by atoms with van der Waals surface area (Å²) in [6.45, 7) is -0.550. The lowest BCUT2D eigenvalue weighted by Crippen LogP contribution is -2.64. The number of carbonyl (C=O) groups excluding carboxylic acids is 1. The van der Waals surface area contributed by atoms with Gasteiger partial charge in [0.1, 0.15) is 30.2 Å². The fourth-order valence-electron chi connectivity index (χ4n) is 1.48. The van der Waals surface area contributed by atoms with E-state index in [9.17, 15) is 20.1 Å². The normalized spacial score (nSPS) is 39.4. The fraction of sp³-hybridized carbons (Fsp3) is 0.875. The summed E-state index contributed by atoms with van der Waals surface area (Å²) >= 11 is 5.24. The van der Waals surface area contributed by atoms with Crippen LogP contribution in [0, 0.1) is 0 Å². The highest BCUT2D eigenvalue weighted by Crippen LogP contribution is 2.19. The summed E-state index contributed by atoms with van der Waals surface area (Å²) in [5, 5.41) is 39.5. The first kappa shape index (κ1) is 13.6. The van der Waals surface area contributed by atoms with E-state index in [1.165, 1.54) is 0 Å². The number of halogens is 1. The molecule has 1 amide bonds. The second-order valence-electron chi connectivity index (χ2n) is 3.46. The van der Waals surface area contributed by atoms with Gasteiger partial charge in [-0.05, 0) is 0 Å². The molecule has 1 aliphatic rings. The zero-order chi connectivity index (χ0) is 12.3. The topological polar surface area (TPSA) is 119 Å². The van der Waals surface area contributed by atoms with E-state index in [0.29, 0.717) is 0 Å². The van der Waals surface area contributed by atoms with E-state index in [2.05, 4.69) is 5.32 Å². The van der Waals surface area contributed by atoms with E-state index in [4.69, 9.17) is 21.4 Å². The molecular weight excluding hydrogens is 242 g/mol. The van der Waals surface area contributed by atoms with Crippen LogP contribution in [0.3, 0.4) is 0 Å². The molecule has 7 nitrogen and oxygen atoms in total. The van der Waals surface area contributed by atoms with Crippen LogP contribution in [0.25, 0.3) is 0 Å². The average Bonchev–Trinajstić information content (AvgIpc) is 2.28. The Kier molecular flexibility index (Phi) is 4.90. The maximum Gasteiger partial charge on any atom is 0.235 e. The molecule has 16 heavy (non-hydrogen) atoms. The van der Waals surface area contributed by atoms with Crippen LogP contribution >= 0.6 is 11.6 Å². The first-order chi connectivity index (χ1) is 7.51. The Hall–Kier alpha value is -0.440. The molecule has 0 aromatic heterocycles. The van der Waals surface area contributed by atoms with Gasteiger partial charge < -0.3 is 30.5 Å². The zero-order valence-corrected chi connectivity index (χ0v) is 9.04. The Bertz CT molecular complexity index is 253. The molecule has 1 heterocycles. The molecule has 2 unspecified atom stereocenters. The van der Waals surface area contributed by atoms with Crippen molar-refractivity contribution in [3.8, 4) is 0 Å². The summed E-state index contributed by atoms with van der Waals surface area (Å²) < 4.78 is 4.81. The van der Waals surface area contributed by atoms with Crippen LogP contribution in [-0.4, -0.2) is 69.5 Å². The minimum atomic E-state index is -1.51. The van der Waals surface area contributed by atoms with Crippen LogP contribution in [0.1, 0.15) is 0 Å². The summed E-state index contributed by atoms with van der Waals surface area (Å²) in [6, 6.07) is -1.18. The third kappa shape index (κ3) is 2.82. The number of alkyl halides is 1. The van der Waals surface area contributed by atoms with Crippen molar-refractivity contribution >= 4 is 17.5 Å². The van der Waals surface area contributed by atoms with E-state index in [-0.39, 0.29) is 5.88 Å². The molecule has 0 aromatic carbocycles. The van der Waals surface area contributed by atoms with Crippen LogP contribution in [0.5, 0.6) is 0 Å². The van der Waals surface area contributed by atoms with Crippen LogP contribution in [-0.2, 0) is 9.53 Å². The third-order valence-electron chi connectivity index (χ3n) is 2.35. The van der Waals surface area contributed by atoms with Gasteiger partial charge in [-0.1, -0.05) is 0 Å². The predicted molar refractivity (Wildman–Crippen MR) is 52.6 cm³/mol. The number of aliphatic hydroxyl groups excluding tert-OH is 4. The molecule has 1 saturated heterocycles. The second-order valence-corrected chi connectivity index (χ2v) is 3.72. The minimum absolute atomic E-state index is 0.338. The fourth-order valence-corrected chi connectivity index (χ4v) is 1.55. The standard InChI is InChI=1S/C8H14ClNO6/c9-1-4(12)10-5-7(14)6(13)3(2-11)16-8(5)15/h3,5-8,11,13-15H,1-2H2,(H,10,12)/t3?,5?,6-,7+,8-/m1/s1. The van der Waals surface area contributed by atoms with Gasteiger partial charge in [-0.15, -0.1) is 11.6 Å². The summed E-state index contributed by atoms with van der Waals surface area (Å²) in [4.78, 5) is 11.0. The van der Waals surface area contributed by atoms with Crippen LogP contribution in [0.2, 0.25) is 0 Å². The van der Waals surface area contributed by atoms with Crippen LogP contribution < -0.4 is 5.32 Å². The van der Waals surface area contributed by atoms with E-state index >= 15 is 0 Å². The van der Waals surface area contributed by atoms with Gasteiger partial charge in [0, 0.05) is 0 Å². The zero-order valence-electron chi connectivity index (χ0n) is 8.28. The number of amides is 1. The van der Waals surface area contributed by atoms with Gasteiger partial charge in [0.25, 0.3) is 0 Å². The number of aliphatic hydroxyl groups is 4. The summed E-state index contributed by atoms with van der Waals surface area (Å²) in [5.74, 6) is -0.946. The van der Waals surface area contributed by atoms with Gasteiger partial charge in [0.15, 0.2) is 6.29 Å². The van der Waals surface area contributed by atoms with Gasteiger partial charge in [0.2, 0.25) is 5.91 Å². The highest BCUT2D eigenvalue weighted by molar-refractivity contribution is 6.27. The predicted octanol–water partition coefficient (Wildman–Crippen LogP) is -2.86. The maximum atomic E-state index is 11.0. The second kappa shape index (κ2) is 5.76. The molecule has 5 N–H and O–H groups in total. The van der Waals surface area contributed by atoms with Gasteiger partial charge in [-0.25, -0.2) is 0 Å². The summed E-state index contributed by atoms with van der Waals surface area (Å²) in [5.41, 5.74) is 0. The Morgan fingerprint density at radius 2 is 1.94 bits per heavy atom. The average molecular weight is 256 g/mol. The molecule has 8 heteroatoms. The monoisotopic (exact) mass is 255 g/mol. The molecule has 1 rings (SSSR count). The largest absolute Gasteiger partial charge is 0.394 e. The lowest BCUT2D eigenvalue weighted by atomic mass is 9.97. The van der Waals surface area contributed by atoms with Gasteiger partial charge in [-0.2, -0.15) is 0 Å². The van der Waals surface area contributed by atoms with Crippen molar-refractivity contribution in [1.82, 2.24) is 5.32 Å². The van der Waals surface area contributed by atoms with Gasteiger partial charge in [0.05, 0.1) is 6.61 Å². The van der Waals surface area contributed by atoms with Crippen molar-refractivity contribution < 1.29 is 30.0 Å². The third-order valence-corrected chi connectivity index (χ3v) is 2.59. The first-order valence-corrected chi connectivity index (χ1v) is 5.20. The smallest absolute Gasteiger partial charge is 0.235 e. The van der Waals surface area contributed by atoms with Crippen molar-refractivity contribution in [2.24, 2.45) is 0 Å². The lowest BCUT2D eigenvalue weighted by Gasteiger charge is -2.40. The molecule has 0 bridgehead atoms. The Labute approximate surface area is 96.6 Å². The first-order valence-electron chi connectivity index (χ1n) is 4.67. The Morgan fingerprint density at radius 3 is 2.44 bits per heavy atom. The molecule has 0 aliphatic carbocycles. The summed E-state index contributed by atoms with van der Waals surface area (Å²) in [6.07, 6.45) is -5.43. The number of hydrogen-bond donors (Lipinski definition) is 5. The lowest BCUT2D eigenvalue weighted by molar-refractivity contribution is -0.253. The van der Waals surface area contributed by atoms with Crippen molar-refractivity contribution in [3.63, 3.8) is 0 Å². The van der Waals surface area contributed by atoms with Gasteiger partial charge in [-0.3, -0.25) is 4.79 Å². The maximum absolute atomic E-state index is 11.0. The molecule has 1 fully saturated rings. The highest BCUT2D eigenvalue weighted by atomic mass is 35.5. The number of carbonyl (C=O) groups is 1. The SMILES string of the molecule is O=C(CCl)NC1[C@H](O)OC(CO)[C@@H](O)[C@H]1O. The molecular formula is C8H14ClNO6. The quantitative estimate of drug-likeness (QED) is 0.346. The molecule has 94 valence electrons. The van der Waals surface area contributed by atoms with Crippen molar-refractivity contribution in [3.05, 3.63) is 0 Å². The van der Waals surface area contributed by atoms with Gasteiger partial charge >= 0.3 is 0 Å². The van der Waals surface area contributed by atoms with E-state index in [1.54, 1.807) is 0 Å². The van der Waals surface area contributed by atoms with E-state index in [0.717, 1.165) is 0 Å². The number of rotatable bonds is 3.